The van der Waals surface area contributed by atoms with Gasteiger partial charge in [0.25, 0.3) is 0 Å². The zero-order valence-electron chi connectivity index (χ0n) is 11.0. The van der Waals surface area contributed by atoms with Crippen LogP contribution in [0.3, 0.4) is 0 Å². The molecule has 1 fully saturated rings. The maximum absolute atomic E-state index is 12.3. The first kappa shape index (κ1) is 15.1. The van der Waals surface area contributed by atoms with Gasteiger partial charge in [-0.25, -0.2) is 0 Å². The summed E-state index contributed by atoms with van der Waals surface area (Å²) in [5.74, 6) is 0. The van der Waals surface area contributed by atoms with Crippen molar-refractivity contribution in [3.8, 4) is 0 Å². The van der Waals surface area contributed by atoms with Crippen molar-refractivity contribution in [1.82, 2.24) is 0 Å². The highest BCUT2D eigenvalue weighted by molar-refractivity contribution is 7.54. The van der Waals surface area contributed by atoms with Gasteiger partial charge < -0.3 is 14.4 Å². The van der Waals surface area contributed by atoms with Gasteiger partial charge in [0.1, 0.15) is 0 Å². The summed E-state index contributed by atoms with van der Waals surface area (Å²) in [6.07, 6.45) is 1.49. The molecule has 1 aliphatic carbocycles. The van der Waals surface area contributed by atoms with Crippen LogP contribution in [0.2, 0.25) is 0 Å². The van der Waals surface area contributed by atoms with Gasteiger partial charge in [-0.2, -0.15) is 0 Å². The van der Waals surface area contributed by atoms with Gasteiger partial charge in [0.2, 0.25) is 0 Å². The molecule has 1 atom stereocenters. The van der Waals surface area contributed by atoms with E-state index in [2.05, 4.69) is 0 Å². The van der Waals surface area contributed by atoms with Crippen molar-refractivity contribution >= 4 is 7.60 Å². The number of rotatable bonds is 8. The van der Waals surface area contributed by atoms with Crippen LogP contribution in [-0.2, 0) is 18.3 Å². The van der Waals surface area contributed by atoms with E-state index in [4.69, 9.17) is 18.9 Å². The van der Waals surface area contributed by atoms with Crippen molar-refractivity contribution in [3.05, 3.63) is 0 Å². The molecule has 1 unspecified atom stereocenters. The Morgan fingerprint density at radius 2 is 1.88 bits per heavy atom. The minimum Gasteiger partial charge on any atom is -0.393 e. The molecule has 0 aliphatic heterocycles. The molecule has 1 rings (SSSR count). The van der Waals surface area contributed by atoms with Crippen molar-refractivity contribution in [2.45, 2.75) is 57.9 Å². The highest BCUT2D eigenvalue weighted by Crippen LogP contribution is 2.54. The largest absolute Gasteiger partial charge is 0.393 e. The summed E-state index contributed by atoms with van der Waals surface area (Å²) in [6, 6.07) is 0. The molecule has 0 aromatic rings. The van der Waals surface area contributed by atoms with Crippen LogP contribution in [0.25, 0.3) is 0 Å². The minimum atomic E-state index is -3.12. The lowest BCUT2D eigenvalue weighted by molar-refractivity contribution is -0.0785. The van der Waals surface area contributed by atoms with Gasteiger partial charge in [0.05, 0.1) is 24.0 Å². The minimum absolute atomic E-state index is 0.0205. The van der Waals surface area contributed by atoms with Gasteiger partial charge in [-0.3, -0.25) is 9.09 Å². The summed E-state index contributed by atoms with van der Waals surface area (Å²) < 4.78 is 28.4. The average Bonchev–Trinajstić information content (AvgIpc) is 2.97. The zero-order chi connectivity index (χ0) is 13.1. The molecule has 5 nitrogen and oxygen atoms in total. The molecule has 6 heteroatoms. The van der Waals surface area contributed by atoms with E-state index in [1.54, 1.807) is 13.8 Å². The van der Waals surface area contributed by atoms with Crippen LogP contribution >= 0.6 is 7.60 Å². The Balaban J connectivity index is 2.42. The van der Waals surface area contributed by atoms with E-state index >= 15 is 0 Å². The first-order valence-electron chi connectivity index (χ1n) is 6.01. The topological polar surface area (TPSA) is 65.0 Å². The van der Waals surface area contributed by atoms with Crippen molar-refractivity contribution in [2.24, 2.45) is 0 Å². The fourth-order valence-corrected chi connectivity index (χ4v) is 2.70. The Hall–Kier alpha value is 0.0700. The second kappa shape index (κ2) is 5.81. The maximum Gasteiger partial charge on any atom is 0.335 e. The van der Waals surface area contributed by atoms with Crippen LogP contribution in [0.4, 0.5) is 0 Å². The van der Waals surface area contributed by atoms with Crippen LogP contribution < -0.4 is 0 Å². The summed E-state index contributed by atoms with van der Waals surface area (Å²) in [7, 11) is -3.12. The first-order chi connectivity index (χ1) is 7.83. The van der Waals surface area contributed by atoms with Crippen LogP contribution in [0.1, 0.15) is 40.5 Å². The number of ether oxygens (including phenoxy) is 1. The summed E-state index contributed by atoms with van der Waals surface area (Å²) in [4.78, 5) is 0. The Morgan fingerprint density at radius 1 is 1.29 bits per heavy atom. The van der Waals surface area contributed by atoms with Gasteiger partial charge in [0.15, 0.2) is 6.79 Å². The van der Waals surface area contributed by atoms with Crippen LogP contribution in [0.5, 0.6) is 0 Å². The van der Waals surface area contributed by atoms with Crippen molar-refractivity contribution in [2.75, 3.05) is 13.4 Å². The smallest absolute Gasteiger partial charge is 0.335 e. The molecule has 0 aromatic carbocycles. The molecular weight excluding hydrogens is 243 g/mol. The predicted octanol–water partition coefficient (Wildman–Crippen LogP) is 2.53. The molecule has 0 aromatic heterocycles. The Labute approximate surface area is 103 Å². The van der Waals surface area contributed by atoms with Gasteiger partial charge in [-0.15, -0.1) is 0 Å². The average molecular weight is 266 g/mol. The molecule has 0 radical (unpaired) electrons. The van der Waals surface area contributed by atoms with E-state index < -0.39 is 13.2 Å². The lowest BCUT2D eigenvalue weighted by atomic mass is 10.4. The van der Waals surface area contributed by atoms with Crippen molar-refractivity contribution in [3.63, 3.8) is 0 Å². The summed E-state index contributed by atoms with van der Waals surface area (Å²) >= 11 is 0. The highest BCUT2D eigenvalue weighted by atomic mass is 31.2. The molecule has 0 spiro atoms. The Morgan fingerprint density at radius 3 is 2.24 bits per heavy atom. The van der Waals surface area contributed by atoms with E-state index in [1.165, 1.54) is 0 Å². The number of aliphatic hydroxyl groups excluding tert-OH is 1. The molecule has 0 saturated heterocycles. The monoisotopic (exact) mass is 266 g/mol. The third kappa shape index (κ3) is 4.34. The molecular formula is C11H23O5P. The molecule has 0 amide bonds. The van der Waals surface area contributed by atoms with E-state index in [0.29, 0.717) is 0 Å². The van der Waals surface area contributed by atoms with E-state index in [0.717, 1.165) is 12.8 Å². The Bertz CT molecular complexity index is 286. The van der Waals surface area contributed by atoms with Crippen LogP contribution in [0.15, 0.2) is 0 Å². The summed E-state index contributed by atoms with van der Waals surface area (Å²) in [6.45, 7) is 7.10. The summed E-state index contributed by atoms with van der Waals surface area (Å²) in [5, 5.41) is 9.06. The lowest BCUT2D eigenvalue weighted by Gasteiger charge is -2.24. The van der Waals surface area contributed by atoms with Gasteiger partial charge in [0, 0.05) is 0 Å². The molecule has 1 saturated carbocycles. The maximum atomic E-state index is 12.3. The quantitative estimate of drug-likeness (QED) is 0.540. The van der Waals surface area contributed by atoms with E-state index in [1.807, 2.05) is 13.8 Å². The molecule has 1 N–H and O–H groups in total. The fourth-order valence-electron chi connectivity index (χ4n) is 1.31. The third-order valence-electron chi connectivity index (χ3n) is 2.68. The molecule has 0 bridgehead atoms. The number of hydrogen-bond donors (Lipinski definition) is 1. The third-order valence-corrected chi connectivity index (χ3v) is 5.13. The van der Waals surface area contributed by atoms with Gasteiger partial charge >= 0.3 is 7.60 Å². The predicted molar refractivity (Wildman–Crippen MR) is 65.1 cm³/mol. The molecule has 0 heterocycles. The first-order valence-corrected chi connectivity index (χ1v) is 7.62. The molecule has 1 aliphatic rings. The number of aliphatic hydroxyl groups is 1. The van der Waals surface area contributed by atoms with E-state index in [9.17, 15) is 4.57 Å². The second-order valence-electron chi connectivity index (χ2n) is 5.02. The van der Waals surface area contributed by atoms with Crippen molar-refractivity contribution in [1.29, 1.82) is 0 Å². The highest BCUT2D eigenvalue weighted by Gasteiger charge is 2.44. The molecule has 17 heavy (non-hydrogen) atoms. The summed E-state index contributed by atoms with van der Waals surface area (Å²) in [5.41, 5.74) is -0.669. The lowest BCUT2D eigenvalue weighted by Crippen LogP contribution is -2.21. The van der Waals surface area contributed by atoms with Crippen LogP contribution in [0, 0.1) is 0 Å². The molecule has 102 valence electrons. The van der Waals surface area contributed by atoms with E-state index in [-0.39, 0.29) is 25.2 Å². The van der Waals surface area contributed by atoms with Crippen LogP contribution in [-0.4, -0.2) is 35.9 Å². The van der Waals surface area contributed by atoms with Gasteiger partial charge in [-0.1, -0.05) is 13.8 Å². The van der Waals surface area contributed by atoms with Gasteiger partial charge in [-0.05, 0) is 26.7 Å². The van der Waals surface area contributed by atoms with Crippen molar-refractivity contribution < 1.29 is 23.5 Å². The second-order valence-corrected chi connectivity index (χ2v) is 7.60. The SMILES string of the molecule is CC(C)OP(=O)(OCOC1(CO)CC1)C(C)C. The fraction of sp³-hybridized carbons (Fsp3) is 1.00. The standard InChI is InChI=1S/C11H23O5P/c1-9(2)16-17(13,10(3)4)15-8-14-11(7-12)5-6-11/h9-10,12H,5-8H2,1-4H3. The Kier molecular flexibility index (Phi) is 5.17. The number of hydrogen-bond acceptors (Lipinski definition) is 5. The zero-order valence-corrected chi connectivity index (χ0v) is 11.9. The normalized spacial score (nSPS) is 21.8.